The van der Waals surface area contributed by atoms with Crippen molar-refractivity contribution in [3.63, 3.8) is 0 Å². The van der Waals surface area contributed by atoms with Crippen molar-refractivity contribution in [2.45, 2.75) is 98.4 Å². The summed E-state index contributed by atoms with van der Waals surface area (Å²) in [6.45, 7) is 23.4. The van der Waals surface area contributed by atoms with Crippen molar-refractivity contribution in [3.8, 4) is 0 Å². The van der Waals surface area contributed by atoms with E-state index in [1.165, 1.54) is 6.92 Å². The van der Waals surface area contributed by atoms with Gasteiger partial charge in [0.05, 0.1) is 229 Å². The van der Waals surface area contributed by atoms with Gasteiger partial charge in [-0.25, -0.2) is 0 Å². The number of ether oxygens (including phenoxy) is 19. The molecule has 104 heavy (non-hydrogen) atoms. The van der Waals surface area contributed by atoms with Crippen molar-refractivity contribution in [2.24, 2.45) is 17.3 Å². The maximum Gasteiger partial charge on any atom is 0.311 e. The number of amides is 5. The molecule has 3 N–H and O–H groups in total. The number of nitrogens with one attached hydrogen (secondary N) is 2. The standard InChI is InChI=1S/C70H118N4O29S/c1-55(2)62(50-61(75)51-73-60(53-100-46-47-104(82,83)84)49-63(68(73)80)74-64(76)13-14-65(74)77)67(79)71-56(3)66(78)72-59-12-11-58(52-103-69(81)70(4,5)6)57(48-59)10-8-15-86-20-22-89-26-28-92-32-33-94-34-35-95-36-37-96-38-39-97-40-41-98-42-43-99-44-45-102-54-101-17-9-16-87-21-23-90-27-29-93-31-30-91-25-24-88-19-18-85-7/h11-14,48,55-56,60,62-63H,8-10,15-47,49-54H2,1-7H3,(H,71,79)(H,72,78)(H,82,83,84)/t56-,60-,62-,63-/m0/s1. The van der Waals surface area contributed by atoms with Gasteiger partial charge in [0.15, 0.2) is 5.78 Å². The van der Waals surface area contributed by atoms with Crippen molar-refractivity contribution in [3.05, 3.63) is 41.5 Å². The number of ketones is 1. The van der Waals surface area contributed by atoms with Gasteiger partial charge in [0.2, 0.25) is 17.7 Å². The van der Waals surface area contributed by atoms with Crippen LogP contribution in [0.2, 0.25) is 0 Å². The third kappa shape index (κ3) is 44.8. The van der Waals surface area contributed by atoms with E-state index >= 15 is 0 Å². The second kappa shape index (κ2) is 57.9. The Morgan fingerprint density at radius 2 is 0.952 bits per heavy atom. The molecule has 0 bridgehead atoms. The molecule has 5 amide bonds. The molecule has 0 unspecified atom stereocenters. The molecule has 2 aliphatic heterocycles. The zero-order valence-corrected chi connectivity index (χ0v) is 63.0. The van der Waals surface area contributed by atoms with Crippen LogP contribution in [0.25, 0.3) is 0 Å². The molecule has 4 atom stereocenters. The van der Waals surface area contributed by atoms with Gasteiger partial charge < -0.3 is 106 Å². The first kappa shape index (κ1) is 93.0. The Morgan fingerprint density at radius 1 is 0.538 bits per heavy atom. The molecule has 0 radical (unpaired) electrons. The van der Waals surface area contributed by atoms with Gasteiger partial charge in [-0.15, -0.1) is 0 Å². The lowest BCUT2D eigenvalue weighted by Gasteiger charge is -2.26. The van der Waals surface area contributed by atoms with Crippen LogP contribution in [0.1, 0.15) is 78.4 Å². The van der Waals surface area contributed by atoms with Crippen LogP contribution in [0.15, 0.2) is 30.4 Å². The smallest absolute Gasteiger partial charge is 0.311 e. The number of carbonyl (C=O) groups excluding carboxylic acids is 7. The van der Waals surface area contributed by atoms with E-state index in [4.69, 9.17) is 94.6 Å². The third-order valence-electron chi connectivity index (χ3n) is 15.3. The second-order valence-electron chi connectivity index (χ2n) is 25.2. The molecule has 0 spiro atoms. The summed E-state index contributed by atoms with van der Waals surface area (Å²) < 4.78 is 136. The average Bonchev–Trinajstić information content (AvgIpc) is 1.63. The van der Waals surface area contributed by atoms with Crippen LogP contribution in [0.4, 0.5) is 5.69 Å². The normalized spacial score (nSPS) is 15.5. The number of aryl methyl sites for hydroxylation is 1. The summed E-state index contributed by atoms with van der Waals surface area (Å²) in [5.41, 5.74) is 1.22. The Morgan fingerprint density at radius 3 is 1.38 bits per heavy atom. The van der Waals surface area contributed by atoms with Gasteiger partial charge in [-0.3, -0.25) is 43.0 Å². The van der Waals surface area contributed by atoms with Crippen LogP contribution in [0.3, 0.4) is 0 Å². The number of carbonyl (C=O) groups is 7. The van der Waals surface area contributed by atoms with Crippen LogP contribution in [0, 0.1) is 17.3 Å². The molecule has 1 aromatic rings. The second-order valence-corrected chi connectivity index (χ2v) is 26.8. The third-order valence-corrected chi connectivity index (χ3v) is 16.0. The fraction of sp³-hybridized carbons (Fsp3) is 0.786. The quantitative estimate of drug-likeness (QED) is 0.0277. The number of rotatable bonds is 69. The number of hydrogen-bond donors (Lipinski definition) is 3. The van der Waals surface area contributed by atoms with Gasteiger partial charge in [-0.1, -0.05) is 19.9 Å². The van der Waals surface area contributed by atoms with Gasteiger partial charge in [0, 0.05) is 56.9 Å². The summed E-state index contributed by atoms with van der Waals surface area (Å²) in [5.74, 6) is -6.26. The lowest BCUT2D eigenvalue weighted by molar-refractivity contribution is -0.154. The zero-order chi connectivity index (χ0) is 75.9. The number of nitrogens with zero attached hydrogens (tertiary/aromatic N) is 2. The maximum atomic E-state index is 13.8. The molecule has 598 valence electrons. The molecule has 1 aromatic carbocycles. The zero-order valence-electron chi connectivity index (χ0n) is 62.2. The minimum Gasteiger partial charge on any atom is -0.460 e. The summed E-state index contributed by atoms with van der Waals surface area (Å²) in [6, 6.07) is 2.01. The van der Waals surface area contributed by atoms with E-state index in [2.05, 4.69) is 10.6 Å². The van der Waals surface area contributed by atoms with Crippen LogP contribution < -0.4 is 10.6 Å². The van der Waals surface area contributed by atoms with Crippen LogP contribution >= 0.6 is 0 Å². The number of esters is 1. The first-order chi connectivity index (χ1) is 50.1. The number of methoxy groups -OCH3 is 1. The SMILES string of the molecule is COCCOCCOCCOCCOCCOCCCOCOCCOCCOCCOCCOCCOCCOCCOCCOCCOCCCc1cc(NC(=O)[C@H](C)NC(=O)[C@@H](CC(=O)CN2C(=O)[C@@H](N3C(=O)C=CC3=O)C[C@H]2COCCS(=O)(=O)O)C(C)C)ccc1COC(=O)C(C)(C)C. The van der Waals surface area contributed by atoms with Gasteiger partial charge in [-0.2, -0.15) is 8.42 Å². The van der Waals surface area contributed by atoms with E-state index in [-0.39, 0.29) is 38.8 Å². The van der Waals surface area contributed by atoms with Crippen molar-refractivity contribution < 1.29 is 137 Å². The molecule has 1 saturated heterocycles. The minimum atomic E-state index is -4.36. The fourth-order valence-corrected chi connectivity index (χ4v) is 9.98. The van der Waals surface area contributed by atoms with E-state index in [1.807, 2.05) is 0 Å². The summed E-state index contributed by atoms with van der Waals surface area (Å²) in [7, 11) is -2.72. The molecular formula is C70H118N4O29S. The van der Waals surface area contributed by atoms with Gasteiger partial charge in [0.25, 0.3) is 21.9 Å². The molecule has 34 heteroatoms. The van der Waals surface area contributed by atoms with E-state index in [9.17, 15) is 42.0 Å². The average molecular weight is 1510 g/mol. The lowest BCUT2D eigenvalue weighted by atomic mass is 9.89. The van der Waals surface area contributed by atoms with E-state index < -0.39 is 99.7 Å². The van der Waals surface area contributed by atoms with Crippen LogP contribution in [0.5, 0.6) is 0 Å². The molecule has 33 nitrogen and oxygen atoms in total. The monoisotopic (exact) mass is 1510 g/mol. The Labute approximate surface area is 613 Å². The van der Waals surface area contributed by atoms with Crippen molar-refractivity contribution in [2.75, 3.05) is 250 Å². The van der Waals surface area contributed by atoms with E-state index in [1.54, 1.807) is 59.9 Å². The summed E-state index contributed by atoms with van der Waals surface area (Å²) >= 11 is 0. The number of hydrogen-bond acceptors (Lipinski definition) is 28. The molecule has 1 fully saturated rings. The number of benzene rings is 1. The number of likely N-dealkylation sites (tertiary alicyclic amines) is 1. The molecule has 0 saturated carbocycles. The summed E-state index contributed by atoms with van der Waals surface area (Å²) in [5, 5.41) is 5.54. The lowest BCUT2D eigenvalue weighted by Crippen LogP contribution is -2.48. The van der Waals surface area contributed by atoms with Gasteiger partial charge >= 0.3 is 5.97 Å². The van der Waals surface area contributed by atoms with Crippen molar-refractivity contribution >= 4 is 57.1 Å². The first-order valence-corrected chi connectivity index (χ1v) is 37.3. The topological polar surface area (TPSA) is 380 Å². The summed E-state index contributed by atoms with van der Waals surface area (Å²) in [6.07, 6.45) is 3.45. The highest BCUT2D eigenvalue weighted by molar-refractivity contribution is 7.85. The molecule has 2 heterocycles. The molecule has 0 aromatic heterocycles. The molecular weight excluding hydrogens is 1390 g/mol. The van der Waals surface area contributed by atoms with E-state index in [0.29, 0.717) is 223 Å². The predicted molar refractivity (Wildman–Crippen MR) is 375 cm³/mol. The Hall–Kier alpha value is -5.16. The highest BCUT2D eigenvalue weighted by Crippen LogP contribution is 2.28. The van der Waals surface area contributed by atoms with Gasteiger partial charge in [-0.05, 0) is 76.1 Å². The van der Waals surface area contributed by atoms with E-state index in [0.717, 1.165) is 39.5 Å². The highest BCUT2D eigenvalue weighted by atomic mass is 32.2. The minimum absolute atomic E-state index is 0.00106. The van der Waals surface area contributed by atoms with Crippen LogP contribution in [-0.2, 0) is 147 Å². The van der Waals surface area contributed by atoms with Crippen LogP contribution in [-0.4, -0.2) is 326 Å². The maximum absolute atomic E-state index is 13.8. The molecule has 3 rings (SSSR count). The largest absolute Gasteiger partial charge is 0.460 e. The highest BCUT2D eigenvalue weighted by Gasteiger charge is 2.47. The number of Topliss-reactive ketones (excluding diaryl/α,β-unsaturated/α-hetero) is 1. The fourth-order valence-electron chi connectivity index (χ4n) is 9.65. The van der Waals surface area contributed by atoms with Crippen molar-refractivity contribution in [1.29, 1.82) is 0 Å². The Kier molecular flexibility index (Phi) is 51.8. The number of anilines is 1. The Bertz CT molecular complexity index is 2650. The number of imide groups is 1. The predicted octanol–water partition coefficient (Wildman–Crippen LogP) is 2.44. The summed E-state index contributed by atoms with van der Waals surface area (Å²) in [4.78, 5) is 94.3. The molecule has 0 aliphatic carbocycles. The molecule has 2 aliphatic rings. The van der Waals surface area contributed by atoms with Gasteiger partial charge in [0.1, 0.15) is 25.5 Å². The first-order valence-electron chi connectivity index (χ1n) is 35.7. The Balaban J connectivity index is 1.16. The van der Waals surface area contributed by atoms with Crippen molar-refractivity contribution in [1.82, 2.24) is 15.1 Å².